The number of ether oxygens (including phenoxy) is 2. The molecule has 0 saturated carbocycles. The van der Waals surface area contributed by atoms with E-state index in [0.717, 1.165) is 16.8 Å². The monoisotopic (exact) mass is 517 g/mol. The minimum absolute atomic E-state index is 0.162. The molecule has 2 aromatic heterocycles. The number of rotatable bonds is 6. The summed E-state index contributed by atoms with van der Waals surface area (Å²) < 4.78 is 18.4. The second-order valence-corrected chi connectivity index (χ2v) is 9.77. The van der Waals surface area contributed by atoms with Crippen LogP contribution >= 0.6 is 11.6 Å². The van der Waals surface area contributed by atoms with Gasteiger partial charge in [0.2, 0.25) is 12.7 Å². The summed E-state index contributed by atoms with van der Waals surface area (Å²) in [6.45, 7) is 2.75. The third-order valence-electron chi connectivity index (χ3n) is 6.91. The molecule has 0 radical (unpaired) electrons. The highest BCUT2D eigenvalue weighted by Gasteiger charge is 2.48. The van der Waals surface area contributed by atoms with Gasteiger partial charge in [-0.2, -0.15) is 0 Å². The molecule has 6 rings (SSSR count). The molecule has 4 heterocycles. The van der Waals surface area contributed by atoms with Gasteiger partial charge in [0.05, 0.1) is 18.5 Å². The fraction of sp³-hybridized carbons (Fsp3) is 0.214. The standard InChI is InChI=1S/C28H24ClN3O5/c1-28(27(34)30-14-18-4-7-20(29)8-5-18)16-31-21(23-3-2-12-35-23)9-10-22(31)26(33)32(28)15-19-6-11-24-25(13-19)37-17-36-24/h2-13H,14-17H2,1H3,(H,30,34)/t28-/m1/s1. The molecule has 1 N–H and O–H groups in total. The zero-order valence-corrected chi connectivity index (χ0v) is 20.8. The normalized spacial score (nSPS) is 18.1. The number of fused-ring (bicyclic) bond motifs is 2. The topological polar surface area (TPSA) is 85.9 Å². The average molecular weight is 518 g/mol. The summed E-state index contributed by atoms with van der Waals surface area (Å²) >= 11 is 6.00. The molecule has 2 aliphatic rings. The van der Waals surface area contributed by atoms with E-state index in [1.165, 1.54) is 0 Å². The van der Waals surface area contributed by atoms with E-state index in [2.05, 4.69) is 5.32 Å². The lowest BCUT2D eigenvalue weighted by Gasteiger charge is -2.44. The van der Waals surface area contributed by atoms with Crippen molar-refractivity contribution < 1.29 is 23.5 Å². The highest BCUT2D eigenvalue weighted by molar-refractivity contribution is 6.30. The van der Waals surface area contributed by atoms with Gasteiger partial charge in [0.1, 0.15) is 17.0 Å². The summed E-state index contributed by atoms with van der Waals surface area (Å²) in [4.78, 5) is 29.3. The van der Waals surface area contributed by atoms with Gasteiger partial charge in [0.25, 0.3) is 5.91 Å². The third-order valence-corrected chi connectivity index (χ3v) is 7.17. The van der Waals surface area contributed by atoms with E-state index in [1.54, 1.807) is 42.4 Å². The number of carbonyl (C=O) groups is 2. The smallest absolute Gasteiger partial charge is 0.271 e. The number of halogens is 1. The molecule has 2 amide bonds. The molecule has 0 aliphatic carbocycles. The van der Waals surface area contributed by atoms with E-state index in [4.69, 9.17) is 25.5 Å². The predicted molar refractivity (Wildman–Crippen MR) is 136 cm³/mol. The highest BCUT2D eigenvalue weighted by atomic mass is 35.5. The Bertz CT molecular complexity index is 1480. The van der Waals surface area contributed by atoms with Crippen molar-refractivity contribution in [3.63, 3.8) is 0 Å². The summed E-state index contributed by atoms with van der Waals surface area (Å²) in [6.07, 6.45) is 1.59. The first-order chi connectivity index (χ1) is 17.9. The van der Waals surface area contributed by atoms with E-state index >= 15 is 0 Å². The lowest BCUT2D eigenvalue weighted by atomic mass is 9.93. The van der Waals surface area contributed by atoms with Crippen LogP contribution in [0.5, 0.6) is 11.5 Å². The van der Waals surface area contributed by atoms with Crippen molar-refractivity contribution >= 4 is 23.4 Å². The van der Waals surface area contributed by atoms with Gasteiger partial charge >= 0.3 is 0 Å². The molecule has 0 unspecified atom stereocenters. The Hall–Kier alpha value is -4.17. The predicted octanol–water partition coefficient (Wildman–Crippen LogP) is 4.86. The number of nitrogens with one attached hydrogen (secondary N) is 1. The van der Waals surface area contributed by atoms with Crippen LogP contribution < -0.4 is 14.8 Å². The van der Waals surface area contributed by atoms with Gasteiger partial charge in [-0.05, 0) is 66.6 Å². The summed E-state index contributed by atoms with van der Waals surface area (Å²) in [5, 5.41) is 3.65. The molecular weight excluding hydrogens is 494 g/mol. The van der Waals surface area contributed by atoms with Crippen molar-refractivity contribution in [1.82, 2.24) is 14.8 Å². The summed E-state index contributed by atoms with van der Waals surface area (Å²) in [6, 6.07) is 20.1. The molecule has 0 bridgehead atoms. The number of hydrogen-bond acceptors (Lipinski definition) is 5. The quantitative estimate of drug-likeness (QED) is 0.395. The first kappa shape index (κ1) is 23.2. The maximum absolute atomic E-state index is 13.9. The van der Waals surface area contributed by atoms with Crippen LogP contribution in [0, 0.1) is 0 Å². The number of furan rings is 1. The molecule has 37 heavy (non-hydrogen) atoms. The lowest BCUT2D eigenvalue weighted by molar-refractivity contribution is -0.133. The van der Waals surface area contributed by atoms with Crippen LogP contribution in [0.1, 0.15) is 28.5 Å². The van der Waals surface area contributed by atoms with E-state index in [-0.39, 0.29) is 31.7 Å². The van der Waals surface area contributed by atoms with Crippen LogP contribution in [0.2, 0.25) is 5.02 Å². The van der Waals surface area contributed by atoms with Crippen molar-refractivity contribution in [3.8, 4) is 23.0 Å². The average Bonchev–Trinajstić information content (AvgIpc) is 3.66. The molecule has 0 spiro atoms. The molecule has 8 nitrogen and oxygen atoms in total. The van der Waals surface area contributed by atoms with Crippen molar-refractivity contribution in [2.75, 3.05) is 6.79 Å². The zero-order valence-electron chi connectivity index (χ0n) is 20.1. The molecule has 2 aromatic carbocycles. The molecule has 1 atom stereocenters. The van der Waals surface area contributed by atoms with Gasteiger partial charge in [0.15, 0.2) is 11.5 Å². The van der Waals surface area contributed by atoms with Gasteiger partial charge in [0, 0.05) is 18.1 Å². The Kier molecular flexibility index (Phi) is 5.68. The second-order valence-electron chi connectivity index (χ2n) is 9.33. The Balaban J connectivity index is 1.35. The van der Waals surface area contributed by atoms with Crippen LogP contribution in [0.3, 0.4) is 0 Å². The number of amides is 2. The maximum Gasteiger partial charge on any atom is 0.271 e. The second kappa shape index (κ2) is 9.05. The molecule has 9 heteroatoms. The van der Waals surface area contributed by atoms with Gasteiger partial charge in [-0.15, -0.1) is 0 Å². The Morgan fingerprint density at radius 2 is 1.76 bits per heavy atom. The van der Waals surface area contributed by atoms with E-state index in [1.807, 2.05) is 47.0 Å². The van der Waals surface area contributed by atoms with Crippen molar-refractivity contribution in [2.45, 2.75) is 32.1 Å². The fourth-order valence-corrected chi connectivity index (χ4v) is 4.98. The zero-order chi connectivity index (χ0) is 25.6. The van der Waals surface area contributed by atoms with Gasteiger partial charge in [-0.25, -0.2) is 0 Å². The van der Waals surface area contributed by atoms with Crippen molar-refractivity contribution in [3.05, 3.63) is 94.8 Å². The van der Waals surface area contributed by atoms with Crippen LogP contribution in [-0.2, 0) is 24.4 Å². The number of nitrogens with zero attached hydrogens (tertiary/aromatic N) is 2. The van der Waals surface area contributed by atoms with Gasteiger partial charge < -0.3 is 28.7 Å². The fourth-order valence-electron chi connectivity index (χ4n) is 4.86. The van der Waals surface area contributed by atoms with Gasteiger partial charge in [-0.1, -0.05) is 29.8 Å². The summed E-state index contributed by atoms with van der Waals surface area (Å²) in [5.74, 6) is 1.41. The van der Waals surface area contributed by atoms with Crippen LogP contribution in [0.4, 0.5) is 0 Å². The number of benzene rings is 2. The number of carbonyl (C=O) groups excluding carboxylic acids is 2. The minimum atomic E-state index is -1.19. The SMILES string of the molecule is C[C@]1(C(=O)NCc2ccc(Cl)cc2)Cn2c(ccc2-c2ccco2)C(=O)N1Cc1ccc2c(c1)OCO2. The van der Waals surface area contributed by atoms with E-state index < -0.39 is 5.54 Å². The molecule has 4 aromatic rings. The molecule has 0 fully saturated rings. The van der Waals surface area contributed by atoms with Crippen molar-refractivity contribution in [2.24, 2.45) is 0 Å². The van der Waals surface area contributed by atoms with Crippen LogP contribution in [-0.4, -0.2) is 33.6 Å². The Morgan fingerprint density at radius 3 is 2.54 bits per heavy atom. The Labute approximate surface area is 218 Å². The molecule has 188 valence electrons. The lowest BCUT2D eigenvalue weighted by Crippen LogP contribution is -2.63. The van der Waals surface area contributed by atoms with Crippen LogP contribution in [0.15, 0.2) is 77.4 Å². The maximum atomic E-state index is 13.9. The van der Waals surface area contributed by atoms with E-state index in [0.29, 0.717) is 34.5 Å². The summed E-state index contributed by atoms with van der Waals surface area (Å²) in [5.41, 5.74) is 1.79. The van der Waals surface area contributed by atoms with Crippen molar-refractivity contribution in [1.29, 1.82) is 0 Å². The number of aromatic nitrogens is 1. The minimum Gasteiger partial charge on any atom is -0.463 e. The Morgan fingerprint density at radius 1 is 1.00 bits per heavy atom. The molecular formula is C28H24ClN3O5. The molecule has 2 aliphatic heterocycles. The summed E-state index contributed by atoms with van der Waals surface area (Å²) in [7, 11) is 0. The van der Waals surface area contributed by atoms with Gasteiger partial charge in [-0.3, -0.25) is 9.59 Å². The number of hydrogen-bond donors (Lipinski definition) is 1. The molecule has 0 saturated heterocycles. The first-order valence-electron chi connectivity index (χ1n) is 11.9. The van der Waals surface area contributed by atoms with Crippen LogP contribution in [0.25, 0.3) is 11.5 Å². The first-order valence-corrected chi connectivity index (χ1v) is 12.3. The third kappa shape index (κ3) is 4.13. The largest absolute Gasteiger partial charge is 0.463 e. The highest BCUT2D eigenvalue weighted by Crippen LogP contribution is 2.37. The van der Waals surface area contributed by atoms with E-state index in [9.17, 15) is 9.59 Å².